The van der Waals surface area contributed by atoms with Gasteiger partial charge in [0, 0.05) is 32.6 Å². The van der Waals surface area contributed by atoms with Gasteiger partial charge in [-0.05, 0) is 38.9 Å². The van der Waals surface area contributed by atoms with E-state index in [1.54, 1.807) is 0 Å². The number of rotatable bonds is 6. The molecular weight excluding hydrogens is 256 g/mol. The van der Waals surface area contributed by atoms with Crippen LogP contribution in [-0.4, -0.2) is 74.7 Å². The Bertz CT molecular complexity index is 258. The third kappa shape index (κ3) is 7.19. The quantitative estimate of drug-likeness (QED) is 0.695. The summed E-state index contributed by atoms with van der Waals surface area (Å²) in [7, 11) is 0. The van der Waals surface area contributed by atoms with Gasteiger partial charge < -0.3 is 21.1 Å². The van der Waals surface area contributed by atoms with Crippen molar-refractivity contribution in [3.63, 3.8) is 0 Å². The molecule has 118 valence electrons. The van der Waals surface area contributed by atoms with Crippen LogP contribution in [0, 0.1) is 0 Å². The highest BCUT2D eigenvalue weighted by Crippen LogP contribution is 2.08. The maximum Gasteiger partial charge on any atom is 0.222 e. The van der Waals surface area contributed by atoms with Crippen molar-refractivity contribution in [2.75, 3.05) is 59.0 Å². The number of hydrogen-bond acceptors (Lipinski definition) is 5. The topological polar surface area (TPSA) is 84.8 Å². The average Bonchev–Trinajstić information content (AvgIpc) is 2.90. The number of nitrogens with zero attached hydrogens (tertiary/aromatic N) is 2. The van der Waals surface area contributed by atoms with Crippen molar-refractivity contribution in [3.05, 3.63) is 0 Å². The molecule has 2 rings (SSSR count). The van der Waals surface area contributed by atoms with Crippen LogP contribution in [0.25, 0.3) is 0 Å². The minimum atomic E-state index is 0.299. The molecule has 20 heavy (non-hydrogen) atoms. The molecule has 0 bridgehead atoms. The average molecular weight is 286 g/mol. The van der Waals surface area contributed by atoms with Crippen molar-refractivity contribution in [1.82, 2.24) is 9.80 Å². The summed E-state index contributed by atoms with van der Waals surface area (Å²) in [4.78, 5) is 15.3. The minimum absolute atomic E-state index is 0.299. The molecule has 2 aliphatic rings. The zero-order chi connectivity index (χ0) is 14.6. The first kappa shape index (κ1) is 17.4. The summed E-state index contributed by atoms with van der Waals surface area (Å²) in [6.07, 6.45) is 3.82. The van der Waals surface area contributed by atoms with Gasteiger partial charge in [0.1, 0.15) is 0 Å². The number of nitrogens with two attached hydrogens (primary N) is 2. The second kappa shape index (κ2) is 11.0. The normalized spacial score (nSPS) is 19.9. The fraction of sp³-hybridized carbons (Fsp3) is 0.929. The van der Waals surface area contributed by atoms with Crippen molar-refractivity contribution in [2.45, 2.75) is 25.7 Å². The van der Waals surface area contributed by atoms with Crippen LogP contribution in [-0.2, 0) is 9.53 Å². The number of likely N-dealkylation sites (tertiary alicyclic amines) is 1. The second-order valence-electron chi connectivity index (χ2n) is 5.22. The Morgan fingerprint density at radius 2 is 1.65 bits per heavy atom. The molecule has 0 aromatic rings. The minimum Gasteiger partial charge on any atom is -0.379 e. The molecule has 0 saturated carbocycles. The van der Waals surface area contributed by atoms with Crippen molar-refractivity contribution >= 4 is 5.91 Å². The van der Waals surface area contributed by atoms with Gasteiger partial charge in [0.25, 0.3) is 0 Å². The zero-order valence-corrected chi connectivity index (χ0v) is 12.6. The summed E-state index contributed by atoms with van der Waals surface area (Å²) in [6.45, 7) is 8.38. The smallest absolute Gasteiger partial charge is 0.222 e. The fourth-order valence-electron chi connectivity index (χ4n) is 2.36. The third-order valence-electron chi connectivity index (χ3n) is 3.59. The van der Waals surface area contributed by atoms with Crippen LogP contribution >= 0.6 is 0 Å². The maximum atomic E-state index is 11.0. The van der Waals surface area contributed by atoms with Crippen LogP contribution < -0.4 is 11.5 Å². The van der Waals surface area contributed by atoms with Crippen LogP contribution in [0.4, 0.5) is 0 Å². The molecule has 2 fully saturated rings. The van der Waals surface area contributed by atoms with Gasteiger partial charge in [-0.3, -0.25) is 9.69 Å². The third-order valence-corrected chi connectivity index (χ3v) is 3.59. The Hall–Kier alpha value is -0.690. The molecule has 6 nitrogen and oxygen atoms in total. The van der Waals surface area contributed by atoms with Crippen molar-refractivity contribution < 1.29 is 9.53 Å². The molecule has 0 aromatic carbocycles. The van der Waals surface area contributed by atoms with Crippen LogP contribution in [0.3, 0.4) is 0 Å². The molecule has 2 heterocycles. The van der Waals surface area contributed by atoms with Gasteiger partial charge >= 0.3 is 0 Å². The molecule has 2 saturated heterocycles. The summed E-state index contributed by atoms with van der Waals surface area (Å²) in [6, 6.07) is 0. The monoisotopic (exact) mass is 286 g/mol. The van der Waals surface area contributed by atoms with Crippen molar-refractivity contribution in [1.29, 1.82) is 0 Å². The summed E-state index contributed by atoms with van der Waals surface area (Å²) < 4.78 is 5.21. The van der Waals surface area contributed by atoms with Crippen LogP contribution in [0.15, 0.2) is 0 Å². The first-order valence-corrected chi connectivity index (χ1v) is 7.76. The molecule has 0 aromatic heterocycles. The number of amides is 1. The Balaban J connectivity index is 0.000000200. The lowest BCUT2D eigenvalue weighted by Gasteiger charge is -2.26. The van der Waals surface area contributed by atoms with Crippen LogP contribution in [0.1, 0.15) is 25.7 Å². The molecule has 0 aliphatic carbocycles. The SMILES string of the molecule is NCCCN1CCCC1=O.NCCCN1CCOCC1. The molecule has 0 unspecified atom stereocenters. The van der Waals surface area contributed by atoms with E-state index in [0.29, 0.717) is 12.5 Å². The highest BCUT2D eigenvalue weighted by molar-refractivity contribution is 5.77. The van der Waals surface area contributed by atoms with Crippen molar-refractivity contribution in [2.24, 2.45) is 11.5 Å². The maximum absolute atomic E-state index is 11.0. The molecule has 0 radical (unpaired) electrons. The van der Waals surface area contributed by atoms with Gasteiger partial charge in [0.05, 0.1) is 13.2 Å². The van der Waals surface area contributed by atoms with E-state index in [1.165, 1.54) is 0 Å². The number of carbonyl (C=O) groups excluding carboxylic acids is 1. The lowest BCUT2D eigenvalue weighted by atomic mass is 10.3. The molecule has 4 N–H and O–H groups in total. The van der Waals surface area contributed by atoms with E-state index in [-0.39, 0.29) is 0 Å². The molecule has 1 amide bonds. The Morgan fingerprint density at radius 3 is 2.20 bits per heavy atom. The molecule has 2 aliphatic heterocycles. The van der Waals surface area contributed by atoms with E-state index in [2.05, 4.69) is 4.90 Å². The molecular formula is C14H30N4O2. The first-order chi connectivity index (χ1) is 9.77. The zero-order valence-electron chi connectivity index (χ0n) is 12.6. The molecule has 0 spiro atoms. The summed E-state index contributed by atoms with van der Waals surface area (Å²) in [5.41, 5.74) is 10.7. The molecule has 0 atom stereocenters. The Morgan fingerprint density at radius 1 is 1.00 bits per heavy atom. The summed E-state index contributed by atoms with van der Waals surface area (Å²) in [5, 5.41) is 0. The van der Waals surface area contributed by atoms with E-state index in [1.807, 2.05) is 4.90 Å². The van der Waals surface area contributed by atoms with E-state index < -0.39 is 0 Å². The van der Waals surface area contributed by atoms with E-state index in [0.717, 1.165) is 78.2 Å². The highest BCUT2D eigenvalue weighted by atomic mass is 16.5. The van der Waals surface area contributed by atoms with Gasteiger partial charge in [-0.2, -0.15) is 0 Å². The Labute approximate surface area is 122 Å². The number of morpholine rings is 1. The lowest BCUT2D eigenvalue weighted by molar-refractivity contribution is -0.127. The number of ether oxygens (including phenoxy) is 1. The Kier molecular flexibility index (Phi) is 9.57. The van der Waals surface area contributed by atoms with Gasteiger partial charge in [-0.15, -0.1) is 0 Å². The van der Waals surface area contributed by atoms with Crippen LogP contribution in [0.2, 0.25) is 0 Å². The first-order valence-electron chi connectivity index (χ1n) is 7.76. The largest absolute Gasteiger partial charge is 0.379 e. The lowest BCUT2D eigenvalue weighted by Crippen LogP contribution is -2.37. The summed E-state index contributed by atoms with van der Waals surface area (Å²) >= 11 is 0. The van der Waals surface area contributed by atoms with E-state index in [9.17, 15) is 4.79 Å². The van der Waals surface area contributed by atoms with Gasteiger partial charge in [-0.1, -0.05) is 0 Å². The van der Waals surface area contributed by atoms with Gasteiger partial charge in [0.15, 0.2) is 0 Å². The second-order valence-corrected chi connectivity index (χ2v) is 5.22. The van der Waals surface area contributed by atoms with Gasteiger partial charge in [-0.25, -0.2) is 0 Å². The number of carbonyl (C=O) groups is 1. The predicted molar refractivity (Wildman–Crippen MR) is 80.4 cm³/mol. The van der Waals surface area contributed by atoms with Gasteiger partial charge in [0.2, 0.25) is 5.91 Å². The van der Waals surface area contributed by atoms with E-state index >= 15 is 0 Å². The number of hydrogen-bond donors (Lipinski definition) is 2. The van der Waals surface area contributed by atoms with Crippen LogP contribution in [0.5, 0.6) is 0 Å². The fourth-order valence-corrected chi connectivity index (χ4v) is 2.36. The van der Waals surface area contributed by atoms with Crippen molar-refractivity contribution in [3.8, 4) is 0 Å². The standard InChI is InChI=1S/C7H14N2O.C7H16N2O/c8-4-2-6-9-5-1-3-7(9)10;8-2-1-3-9-4-6-10-7-5-9/h1-6,8H2;1-8H2. The molecule has 6 heteroatoms. The highest BCUT2D eigenvalue weighted by Gasteiger charge is 2.18. The summed E-state index contributed by atoms with van der Waals surface area (Å²) in [5.74, 6) is 0.299. The van der Waals surface area contributed by atoms with E-state index in [4.69, 9.17) is 16.2 Å². The predicted octanol–water partition coefficient (Wildman–Crippen LogP) is -0.375.